The molecule has 2 aromatic rings. The number of thioether (sulfide) groups is 1. The smallest absolute Gasteiger partial charge is 0.0465 e. The molecule has 110 valence electrons. The van der Waals surface area contributed by atoms with Crippen molar-refractivity contribution in [2.75, 3.05) is 25.6 Å². The molecule has 1 aromatic carbocycles. The third-order valence-electron chi connectivity index (χ3n) is 5.06. The van der Waals surface area contributed by atoms with E-state index in [0.717, 1.165) is 6.42 Å². The molecule has 1 N–H and O–H groups in total. The topological polar surface area (TPSA) is 19.0 Å². The van der Waals surface area contributed by atoms with Crippen LogP contribution in [0.5, 0.6) is 0 Å². The number of nitrogens with zero attached hydrogens (tertiary/aromatic N) is 1. The van der Waals surface area contributed by atoms with Gasteiger partial charge in [-0.1, -0.05) is 18.2 Å². The molecule has 2 heterocycles. The van der Waals surface area contributed by atoms with Gasteiger partial charge in [0.15, 0.2) is 0 Å². The number of rotatable bonds is 2. The Kier molecular flexibility index (Phi) is 3.16. The van der Waals surface area contributed by atoms with Crippen molar-refractivity contribution >= 4 is 28.2 Å². The van der Waals surface area contributed by atoms with Crippen molar-refractivity contribution in [3.8, 4) is 0 Å². The second kappa shape index (κ2) is 4.92. The van der Waals surface area contributed by atoms with Gasteiger partial charge in [-0.2, -0.15) is 11.8 Å². The number of benzene rings is 1. The minimum Gasteiger partial charge on any atom is -0.358 e. The van der Waals surface area contributed by atoms with E-state index in [1.54, 1.807) is 5.57 Å². The summed E-state index contributed by atoms with van der Waals surface area (Å²) in [5, 5.41) is 1.47. The van der Waals surface area contributed by atoms with Gasteiger partial charge in [0.05, 0.1) is 0 Å². The minimum atomic E-state index is 0.552. The molecule has 2 aliphatic rings. The van der Waals surface area contributed by atoms with E-state index in [0.29, 0.717) is 12.0 Å². The molecular weight excluding hydrogens is 276 g/mol. The third kappa shape index (κ3) is 1.98. The Labute approximate surface area is 130 Å². The van der Waals surface area contributed by atoms with Gasteiger partial charge < -0.3 is 4.98 Å². The Morgan fingerprint density at radius 3 is 3.05 bits per heavy atom. The first-order chi connectivity index (χ1) is 10.2. The molecule has 0 spiro atoms. The number of aryl methyl sites for hydroxylation is 1. The summed E-state index contributed by atoms with van der Waals surface area (Å²) in [6.45, 7) is 3.40. The molecule has 1 aromatic heterocycles. The van der Waals surface area contributed by atoms with Gasteiger partial charge in [-0.3, -0.25) is 4.90 Å². The highest BCUT2D eigenvalue weighted by molar-refractivity contribution is 7.98. The van der Waals surface area contributed by atoms with Crippen LogP contribution in [0.3, 0.4) is 0 Å². The van der Waals surface area contributed by atoms with Crippen LogP contribution in [-0.2, 0) is 6.42 Å². The van der Waals surface area contributed by atoms with Gasteiger partial charge in [0.2, 0.25) is 0 Å². The van der Waals surface area contributed by atoms with E-state index < -0.39 is 0 Å². The highest BCUT2D eigenvalue weighted by atomic mass is 32.2. The van der Waals surface area contributed by atoms with E-state index in [4.69, 9.17) is 0 Å². The van der Waals surface area contributed by atoms with Crippen molar-refractivity contribution in [2.24, 2.45) is 5.92 Å². The monoisotopic (exact) mass is 298 g/mol. The number of hydrogen-bond acceptors (Lipinski definition) is 2. The molecule has 0 bridgehead atoms. The average Bonchev–Trinajstić information content (AvgIpc) is 2.78. The van der Waals surface area contributed by atoms with Crippen molar-refractivity contribution in [3.63, 3.8) is 0 Å². The first kappa shape index (κ1) is 13.5. The van der Waals surface area contributed by atoms with Crippen LogP contribution in [0, 0.1) is 12.8 Å². The van der Waals surface area contributed by atoms with Crippen molar-refractivity contribution in [1.29, 1.82) is 0 Å². The zero-order valence-corrected chi connectivity index (χ0v) is 13.8. The Morgan fingerprint density at radius 1 is 1.38 bits per heavy atom. The number of nitrogens with one attached hydrogen (secondary N) is 1. The quantitative estimate of drug-likeness (QED) is 0.911. The standard InChI is InChI=1S/C18H22N2S/c1-11-14-8-17-15(7-12(10-21-3)9-20(17)2)13-5-4-6-16(19-11)18(13)14/h4-7,12,17,19H,8-10H2,1-3H3/t12-,17-/m1/s1. The van der Waals surface area contributed by atoms with Crippen LogP contribution in [0.4, 0.5) is 0 Å². The van der Waals surface area contributed by atoms with Crippen LogP contribution in [-0.4, -0.2) is 41.5 Å². The molecule has 0 fully saturated rings. The molecule has 0 unspecified atom stereocenters. The molecule has 3 heteroatoms. The van der Waals surface area contributed by atoms with E-state index in [2.05, 4.69) is 54.4 Å². The van der Waals surface area contributed by atoms with Crippen LogP contribution in [0.15, 0.2) is 24.3 Å². The maximum absolute atomic E-state index is 3.57. The second-order valence-corrected chi connectivity index (χ2v) is 7.36. The fourth-order valence-electron chi connectivity index (χ4n) is 4.14. The molecule has 1 aliphatic carbocycles. The lowest BCUT2D eigenvalue weighted by molar-refractivity contribution is 0.253. The van der Waals surface area contributed by atoms with Crippen molar-refractivity contribution < 1.29 is 0 Å². The van der Waals surface area contributed by atoms with Crippen LogP contribution in [0.2, 0.25) is 0 Å². The summed E-state index contributed by atoms with van der Waals surface area (Å²) in [6, 6.07) is 7.27. The summed E-state index contributed by atoms with van der Waals surface area (Å²) >= 11 is 1.95. The summed E-state index contributed by atoms with van der Waals surface area (Å²) in [7, 11) is 2.29. The van der Waals surface area contributed by atoms with Crippen LogP contribution >= 0.6 is 11.8 Å². The predicted molar refractivity (Wildman–Crippen MR) is 93.0 cm³/mol. The zero-order chi connectivity index (χ0) is 14.6. The fraction of sp³-hybridized carbons (Fsp3) is 0.444. The number of fused-ring (bicyclic) bond motifs is 2. The molecule has 2 nitrogen and oxygen atoms in total. The van der Waals surface area contributed by atoms with Crippen molar-refractivity contribution in [3.05, 3.63) is 41.1 Å². The number of hydrogen-bond donors (Lipinski definition) is 1. The largest absolute Gasteiger partial charge is 0.358 e. The lowest BCUT2D eigenvalue weighted by atomic mass is 9.79. The zero-order valence-electron chi connectivity index (χ0n) is 12.9. The molecule has 4 rings (SSSR count). The van der Waals surface area contributed by atoms with E-state index in [-0.39, 0.29) is 0 Å². The van der Waals surface area contributed by atoms with E-state index in [9.17, 15) is 0 Å². The van der Waals surface area contributed by atoms with E-state index in [1.807, 2.05) is 11.8 Å². The lowest BCUT2D eigenvalue weighted by Crippen LogP contribution is -2.43. The van der Waals surface area contributed by atoms with Gasteiger partial charge in [0.1, 0.15) is 0 Å². The van der Waals surface area contributed by atoms with Gasteiger partial charge in [0, 0.05) is 34.9 Å². The van der Waals surface area contributed by atoms with Gasteiger partial charge in [-0.25, -0.2) is 0 Å². The maximum atomic E-state index is 3.57. The molecule has 0 saturated carbocycles. The molecule has 21 heavy (non-hydrogen) atoms. The van der Waals surface area contributed by atoms with Crippen LogP contribution in [0.1, 0.15) is 16.8 Å². The Morgan fingerprint density at radius 2 is 2.24 bits per heavy atom. The van der Waals surface area contributed by atoms with Gasteiger partial charge in [-0.05, 0) is 55.3 Å². The molecule has 1 aliphatic heterocycles. The third-order valence-corrected chi connectivity index (χ3v) is 5.82. The summed E-state index contributed by atoms with van der Waals surface area (Å²) in [6.07, 6.45) is 5.91. The van der Waals surface area contributed by atoms with E-state index >= 15 is 0 Å². The Hall–Kier alpha value is -1.19. The van der Waals surface area contributed by atoms with Gasteiger partial charge >= 0.3 is 0 Å². The SMILES string of the molecule is CSC[C@@H]1C=C2c3cccc4[nH]c(C)c(c34)C[C@H]2N(C)C1. The normalized spacial score (nSPS) is 25.0. The summed E-state index contributed by atoms with van der Waals surface area (Å²) < 4.78 is 0. The molecule has 0 amide bonds. The van der Waals surface area contributed by atoms with Crippen LogP contribution < -0.4 is 0 Å². The van der Waals surface area contributed by atoms with Gasteiger partial charge in [0.25, 0.3) is 0 Å². The number of H-pyrrole nitrogens is 1. The fourth-order valence-corrected chi connectivity index (χ4v) is 4.77. The molecule has 0 saturated heterocycles. The Balaban J connectivity index is 1.92. The highest BCUT2D eigenvalue weighted by Crippen LogP contribution is 2.42. The van der Waals surface area contributed by atoms with Crippen LogP contribution in [0.25, 0.3) is 16.5 Å². The predicted octanol–water partition coefficient (Wildman–Crippen LogP) is 3.71. The first-order valence-corrected chi connectivity index (χ1v) is 9.10. The molecular formula is C18H22N2S. The lowest BCUT2D eigenvalue weighted by Gasteiger charge is -2.40. The van der Waals surface area contributed by atoms with Crippen molar-refractivity contribution in [2.45, 2.75) is 19.4 Å². The molecule has 0 radical (unpaired) electrons. The Bertz CT molecular complexity index is 728. The second-order valence-electron chi connectivity index (χ2n) is 6.45. The van der Waals surface area contributed by atoms with E-state index in [1.165, 1.54) is 40.0 Å². The average molecular weight is 298 g/mol. The van der Waals surface area contributed by atoms with Crippen molar-refractivity contribution in [1.82, 2.24) is 9.88 Å². The first-order valence-electron chi connectivity index (χ1n) is 7.70. The number of likely N-dealkylation sites (N-methyl/N-ethyl adjacent to an activating group) is 1. The highest BCUT2D eigenvalue weighted by Gasteiger charge is 2.34. The molecule has 2 atom stereocenters. The number of aromatic nitrogens is 1. The number of aromatic amines is 1. The minimum absolute atomic E-state index is 0.552. The summed E-state index contributed by atoms with van der Waals surface area (Å²) in [5.41, 5.74) is 7.18. The maximum Gasteiger partial charge on any atom is 0.0465 e. The van der Waals surface area contributed by atoms with Gasteiger partial charge in [-0.15, -0.1) is 0 Å². The summed E-state index contributed by atoms with van der Waals surface area (Å²) in [4.78, 5) is 6.13. The summed E-state index contributed by atoms with van der Waals surface area (Å²) in [5.74, 6) is 1.89.